The molecule has 33 heavy (non-hydrogen) atoms. The van der Waals surface area contributed by atoms with E-state index in [1.165, 1.54) is 44.9 Å². The summed E-state index contributed by atoms with van der Waals surface area (Å²) >= 11 is 0. The zero-order valence-electron chi connectivity index (χ0n) is 21.3. The zero-order valence-corrected chi connectivity index (χ0v) is 25.1. The van der Waals surface area contributed by atoms with Crippen LogP contribution in [-0.2, 0) is 34.1 Å². The Kier molecular flexibility index (Phi) is 10.6. The van der Waals surface area contributed by atoms with E-state index in [0.29, 0.717) is 30.6 Å². The van der Waals surface area contributed by atoms with Crippen LogP contribution in [0.4, 0.5) is 0 Å². The Bertz CT molecular complexity index is 844. The molecular weight excluding hydrogens is 486 g/mol. The molecule has 0 aromatic rings. The van der Waals surface area contributed by atoms with Gasteiger partial charge in [-0.1, -0.05) is 76.8 Å². The molecule has 3 rings (SSSR count). The smallest absolute Gasteiger partial charge is 0.264 e. The molecule has 0 saturated heterocycles. The number of hydrogen-bond donors (Lipinski definition) is 1. The van der Waals surface area contributed by atoms with Gasteiger partial charge in [-0.2, -0.15) is 8.42 Å². The predicted molar refractivity (Wildman–Crippen MR) is 132 cm³/mol. The van der Waals surface area contributed by atoms with Crippen LogP contribution in [0.15, 0.2) is 35.5 Å². The van der Waals surface area contributed by atoms with Gasteiger partial charge in [-0.15, -0.1) is 0 Å². The molecule has 3 aliphatic rings. The molecule has 0 aromatic carbocycles. The van der Waals surface area contributed by atoms with Gasteiger partial charge in [-0.25, -0.2) is 4.18 Å². The SMILES string of the molecule is C=C1CC[C@H](OS(=O)(=O)O)C/C1=C/C=C1\CCC[C@]2(C)[C@@H]([C@H](C)CCCC(C)C)CC[C@@H]12.[Zn]. The summed E-state index contributed by atoms with van der Waals surface area (Å²) in [7, 11) is -4.42. The molecule has 0 unspecified atom stereocenters. The summed E-state index contributed by atoms with van der Waals surface area (Å²) < 4.78 is 36.1. The van der Waals surface area contributed by atoms with Crippen molar-refractivity contribution < 1.29 is 36.6 Å². The maximum Gasteiger partial charge on any atom is 0.397 e. The number of allylic oxidation sites excluding steroid dienone is 4. The first-order valence-corrected chi connectivity index (χ1v) is 14.1. The van der Waals surface area contributed by atoms with Gasteiger partial charge in [0.2, 0.25) is 0 Å². The molecular formula is C27H44O4SZn. The maximum atomic E-state index is 11.1. The summed E-state index contributed by atoms with van der Waals surface area (Å²) in [5, 5.41) is 0. The summed E-state index contributed by atoms with van der Waals surface area (Å²) in [6, 6.07) is 0. The summed E-state index contributed by atoms with van der Waals surface area (Å²) in [6.45, 7) is 13.9. The van der Waals surface area contributed by atoms with Crippen molar-refractivity contribution in [3.8, 4) is 0 Å². The Labute approximate surface area is 215 Å². The molecule has 0 aromatic heterocycles. The minimum Gasteiger partial charge on any atom is -0.264 e. The van der Waals surface area contributed by atoms with Crippen LogP contribution in [-0.4, -0.2) is 19.1 Å². The summed E-state index contributed by atoms with van der Waals surface area (Å²) in [5.74, 6) is 3.06. The largest absolute Gasteiger partial charge is 0.397 e. The van der Waals surface area contributed by atoms with Crippen molar-refractivity contribution in [2.75, 3.05) is 0 Å². The number of hydrogen-bond acceptors (Lipinski definition) is 3. The van der Waals surface area contributed by atoms with Crippen LogP contribution in [0.2, 0.25) is 0 Å². The Hall–Kier alpha value is -0.287. The predicted octanol–water partition coefficient (Wildman–Crippen LogP) is 7.44. The van der Waals surface area contributed by atoms with E-state index in [2.05, 4.69) is 46.4 Å². The van der Waals surface area contributed by atoms with E-state index >= 15 is 0 Å². The van der Waals surface area contributed by atoms with Crippen molar-refractivity contribution >= 4 is 10.4 Å². The van der Waals surface area contributed by atoms with E-state index < -0.39 is 16.5 Å². The molecule has 4 nitrogen and oxygen atoms in total. The van der Waals surface area contributed by atoms with Gasteiger partial charge in [-0.3, -0.25) is 4.55 Å². The van der Waals surface area contributed by atoms with E-state index in [0.717, 1.165) is 35.3 Å². The summed E-state index contributed by atoms with van der Waals surface area (Å²) in [6.07, 6.45) is 16.1. The molecule has 0 amide bonds. The molecule has 184 valence electrons. The molecule has 0 bridgehead atoms. The van der Waals surface area contributed by atoms with E-state index in [1.807, 2.05) is 0 Å². The minimum absolute atomic E-state index is 0. The van der Waals surface area contributed by atoms with Crippen molar-refractivity contribution in [3.63, 3.8) is 0 Å². The van der Waals surface area contributed by atoms with Crippen LogP contribution in [0.5, 0.6) is 0 Å². The fourth-order valence-corrected chi connectivity index (χ4v) is 7.41. The third-order valence-electron chi connectivity index (χ3n) is 8.59. The molecule has 6 heteroatoms. The van der Waals surface area contributed by atoms with Crippen molar-refractivity contribution in [2.45, 2.75) is 104 Å². The topological polar surface area (TPSA) is 63.6 Å². The van der Waals surface area contributed by atoms with Crippen LogP contribution in [0, 0.1) is 29.1 Å². The van der Waals surface area contributed by atoms with Crippen LogP contribution in [0.1, 0.15) is 98.3 Å². The van der Waals surface area contributed by atoms with Crippen molar-refractivity contribution in [1.82, 2.24) is 0 Å². The van der Waals surface area contributed by atoms with Crippen molar-refractivity contribution in [3.05, 3.63) is 35.5 Å². The maximum absolute atomic E-state index is 11.1. The number of fused-ring (bicyclic) bond motifs is 1. The van der Waals surface area contributed by atoms with Gasteiger partial charge < -0.3 is 0 Å². The van der Waals surface area contributed by atoms with Gasteiger partial charge in [0.05, 0.1) is 6.10 Å². The van der Waals surface area contributed by atoms with Gasteiger partial charge in [0.1, 0.15) is 0 Å². The summed E-state index contributed by atoms with van der Waals surface area (Å²) in [4.78, 5) is 0. The van der Waals surface area contributed by atoms with Gasteiger partial charge in [-0.05, 0) is 79.6 Å². The molecule has 0 heterocycles. The first-order valence-electron chi connectivity index (χ1n) is 12.7. The minimum atomic E-state index is -4.42. The van der Waals surface area contributed by atoms with E-state index in [-0.39, 0.29) is 19.5 Å². The van der Waals surface area contributed by atoms with Crippen molar-refractivity contribution in [1.29, 1.82) is 0 Å². The van der Waals surface area contributed by atoms with Crippen molar-refractivity contribution in [2.24, 2.45) is 29.1 Å². The Morgan fingerprint density at radius 3 is 2.55 bits per heavy atom. The van der Waals surface area contributed by atoms with E-state index in [1.54, 1.807) is 5.57 Å². The molecule has 0 aliphatic heterocycles. The van der Waals surface area contributed by atoms with Gasteiger partial charge >= 0.3 is 10.4 Å². The normalized spacial score (nSPS) is 33.9. The second-order valence-electron chi connectivity index (χ2n) is 11.3. The van der Waals surface area contributed by atoms with Crippen LogP contribution in [0.25, 0.3) is 0 Å². The Balaban J connectivity index is 0.00000385. The number of rotatable bonds is 8. The van der Waals surface area contributed by atoms with Crippen LogP contribution < -0.4 is 0 Å². The molecule has 3 aliphatic carbocycles. The average Bonchev–Trinajstić information content (AvgIpc) is 3.04. The quantitative estimate of drug-likeness (QED) is 0.262. The fraction of sp³-hybridized carbons (Fsp3) is 0.778. The second-order valence-corrected chi connectivity index (χ2v) is 12.4. The van der Waals surface area contributed by atoms with Crippen LogP contribution in [0.3, 0.4) is 0 Å². The summed E-state index contributed by atoms with van der Waals surface area (Å²) in [5.41, 5.74) is 4.08. The Morgan fingerprint density at radius 1 is 1.15 bits per heavy atom. The molecule has 1 N–H and O–H groups in total. The standard InChI is InChI=1S/C27H44O4S.Zn/c1-19(2)8-6-9-21(4)25-15-16-26-22(10-7-17-27(25,26)5)12-13-23-18-24(14-11-20(23)3)31-32(28,29)30;/h12-13,19,21,24-26H,3,6-11,14-18H2,1-2,4-5H3,(H,28,29,30);/b22-12+,23-13-;/t21-,24+,25-,26+,27-;/m1./s1. The fourth-order valence-electron chi connectivity index (χ4n) is 6.90. The monoisotopic (exact) mass is 528 g/mol. The second kappa shape index (κ2) is 12.1. The molecule has 0 radical (unpaired) electrons. The third-order valence-corrected chi connectivity index (χ3v) is 9.11. The Morgan fingerprint density at radius 2 is 1.88 bits per heavy atom. The first kappa shape index (κ1) is 28.9. The van der Waals surface area contributed by atoms with Gasteiger partial charge in [0.15, 0.2) is 0 Å². The van der Waals surface area contributed by atoms with Crippen LogP contribution >= 0.6 is 0 Å². The van der Waals surface area contributed by atoms with Gasteiger partial charge in [0.25, 0.3) is 0 Å². The van der Waals surface area contributed by atoms with E-state index in [9.17, 15) is 8.42 Å². The first-order chi connectivity index (χ1) is 15.0. The van der Waals surface area contributed by atoms with Gasteiger partial charge in [0, 0.05) is 25.9 Å². The van der Waals surface area contributed by atoms with E-state index in [4.69, 9.17) is 8.74 Å². The molecule has 3 saturated carbocycles. The molecule has 5 atom stereocenters. The third kappa shape index (κ3) is 7.60. The molecule has 3 fully saturated rings. The average molecular weight is 530 g/mol. The molecule has 0 spiro atoms. The zero-order chi connectivity index (χ0) is 23.5.